The molecule has 1 aromatic rings. The monoisotopic (exact) mass is 245 g/mol. The molecule has 0 saturated carbocycles. The molecule has 1 rings (SSSR count). The van der Waals surface area contributed by atoms with Gasteiger partial charge in [0.05, 0.1) is 0 Å². The maximum atomic E-state index is 12.1. The minimum Gasteiger partial charge on any atom is -0.385 e. The van der Waals surface area contributed by atoms with Crippen molar-refractivity contribution < 1.29 is 13.9 Å². The third-order valence-corrected chi connectivity index (χ3v) is 2.23. The molecule has 0 amide bonds. The Balaban J connectivity index is 2.71. The molecule has 0 aliphatic carbocycles. The zero-order valence-corrected chi connectivity index (χ0v) is 10.1. The molecule has 0 spiro atoms. The Hall–Kier alpha value is -1.30. The normalized spacial score (nSPS) is 13.2. The summed E-state index contributed by atoms with van der Waals surface area (Å²) in [7, 11) is 0. The van der Waals surface area contributed by atoms with Crippen molar-refractivity contribution in [1.82, 2.24) is 9.97 Å². The molecular weight excluding hydrogens is 228 g/mol. The smallest absolute Gasteiger partial charge is 0.265 e. The number of hydrogen-bond donors (Lipinski definition) is 2. The van der Waals surface area contributed by atoms with Crippen LogP contribution >= 0.6 is 0 Å². The highest BCUT2D eigenvalue weighted by Crippen LogP contribution is 2.14. The van der Waals surface area contributed by atoms with Gasteiger partial charge in [-0.15, -0.1) is 0 Å². The lowest BCUT2D eigenvalue weighted by atomic mass is 10.1. The Bertz CT molecular complexity index is 372. The Morgan fingerprint density at radius 2 is 2.00 bits per heavy atom. The number of nitrogens with one attached hydrogen (secondary N) is 1. The van der Waals surface area contributed by atoms with Crippen LogP contribution in [0.5, 0.6) is 0 Å². The minimum absolute atomic E-state index is 0.234. The second kappa shape index (κ2) is 5.86. The zero-order chi connectivity index (χ0) is 13.0. The molecule has 0 saturated heterocycles. The van der Waals surface area contributed by atoms with Crippen molar-refractivity contribution in [2.45, 2.75) is 39.2 Å². The highest BCUT2D eigenvalue weighted by molar-refractivity contribution is 5.29. The van der Waals surface area contributed by atoms with Gasteiger partial charge in [0.2, 0.25) is 5.95 Å². The maximum absolute atomic E-state index is 12.1. The van der Waals surface area contributed by atoms with Gasteiger partial charge in [0.25, 0.3) is 6.43 Å². The van der Waals surface area contributed by atoms with Crippen molar-refractivity contribution in [2.24, 2.45) is 0 Å². The van der Waals surface area contributed by atoms with E-state index < -0.39 is 12.5 Å². The van der Waals surface area contributed by atoms with Crippen molar-refractivity contribution in [3.8, 4) is 0 Å². The highest BCUT2D eigenvalue weighted by atomic mass is 19.3. The molecule has 96 valence electrons. The Labute approximate surface area is 99.1 Å². The van der Waals surface area contributed by atoms with E-state index in [-0.39, 0.29) is 18.4 Å². The van der Waals surface area contributed by atoms with E-state index in [9.17, 15) is 8.78 Å². The molecule has 0 aliphatic rings. The number of hydrogen-bond acceptors (Lipinski definition) is 4. The molecule has 0 fully saturated rings. The number of rotatable bonds is 5. The highest BCUT2D eigenvalue weighted by Gasteiger charge is 2.16. The number of aliphatic hydroxyl groups is 1. The summed E-state index contributed by atoms with van der Waals surface area (Å²) >= 11 is 0. The predicted octanol–water partition coefficient (Wildman–Crippen LogP) is 1.95. The van der Waals surface area contributed by atoms with Crippen molar-refractivity contribution in [3.05, 3.63) is 17.5 Å². The van der Waals surface area contributed by atoms with Crippen molar-refractivity contribution in [3.63, 3.8) is 0 Å². The second-order valence-electron chi connectivity index (χ2n) is 4.20. The fraction of sp³-hybridized carbons (Fsp3) is 0.636. The zero-order valence-electron chi connectivity index (χ0n) is 10.1. The number of alkyl halides is 2. The first-order chi connectivity index (χ1) is 7.90. The predicted molar refractivity (Wildman–Crippen MR) is 61.4 cm³/mol. The Morgan fingerprint density at radius 1 is 1.35 bits per heavy atom. The first kappa shape index (κ1) is 13.8. The summed E-state index contributed by atoms with van der Waals surface area (Å²) in [6, 6.07) is 1.85. The molecule has 0 radical (unpaired) electrons. The first-order valence-electron chi connectivity index (χ1n) is 5.45. The van der Waals surface area contributed by atoms with Gasteiger partial charge >= 0.3 is 0 Å². The van der Waals surface area contributed by atoms with Crippen LogP contribution in [0.4, 0.5) is 14.7 Å². The lowest BCUT2D eigenvalue weighted by Gasteiger charge is -2.12. The van der Waals surface area contributed by atoms with Gasteiger partial charge in [0.1, 0.15) is 6.10 Å². The van der Waals surface area contributed by atoms with Crippen LogP contribution in [0.1, 0.15) is 31.2 Å². The standard InChI is InChI=1S/C11H17F2N3O/c1-6(2)8-4-7(3)15-11(16-8)14-5-9(17)10(12)13/h4,6,9-10,17H,5H2,1-3H3,(H,14,15,16). The van der Waals surface area contributed by atoms with Crippen LogP contribution in [0, 0.1) is 6.92 Å². The molecule has 4 nitrogen and oxygen atoms in total. The van der Waals surface area contributed by atoms with Gasteiger partial charge in [-0.1, -0.05) is 13.8 Å². The molecular formula is C11H17F2N3O. The van der Waals surface area contributed by atoms with Crippen LogP contribution in [-0.2, 0) is 0 Å². The average molecular weight is 245 g/mol. The molecule has 0 aromatic carbocycles. The van der Waals surface area contributed by atoms with E-state index >= 15 is 0 Å². The molecule has 1 unspecified atom stereocenters. The summed E-state index contributed by atoms with van der Waals surface area (Å²) in [4.78, 5) is 8.26. The van der Waals surface area contributed by atoms with E-state index in [2.05, 4.69) is 15.3 Å². The van der Waals surface area contributed by atoms with Crippen molar-refractivity contribution in [1.29, 1.82) is 0 Å². The number of anilines is 1. The summed E-state index contributed by atoms with van der Waals surface area (Å²) in [5, 5.41) is 11.6. The number of aromatic nitrogens is 2. The Kier molecular flexibility index (Phi) is 4.74. The molecule has 6 heteroatoms. The van der Waals surface area contributed by atoms with Crippen LogP contribution in [0.25, 0.3) is 0 Å². The largest absolute Gasteiger partial charge is 0.385 e. The van der Waals surface area contributed by atoms with Crippen LogP contribution in [-0.4, -0.2) is 34.1 Å². The van der Waals surface area contributed by atoms with E-state index in [4.69, 9.17) is 5.11 Å². The molecule has 1 atom stereocenters. The molecule has 1 heterocycles. The number of nitrogens with zero attached hydrogens (tertiary/aromatic N) is 2. The minimum atomic E-state index is -2.77. The van der Waals surface area contributed by atoms with Crippen molar-refractivity contribution >= 4 is 5.95 Å². The van der Waals surface area contributed by atoms with Gasteiger partial charge in [0, 0.05) is 17.9 Å². The van der Waals surface area contributed by atoms with Crippen LogP contribution in [0.3, 0.4) is 0 Å². The van der Waals surface area contributed by atoms with Gasteiger partial charge in [-0.25, -0.2) is 18.7 Å². The molecule has 0 bridgehead atoms. The summed E-state index contributed by atoms with van der Waals surface area (Å²) < 4.78 is 24.2. The van der Waals surface area contributed by atoms with E-state index in [0.717, 1.165) is 11.4 Å². The average Bonchev–Trinajstić information content (AvgIpc) is 2.24. The lowest BCUT2D eigenvalue weighted by molar-refractivity contribution is 0.00376. The number of aliphatic hydroxyl groups excluding tert-OH is 1. The quantitative estimate of drug-likeness (QED) is 0.832. The maximum Gasteiger partial charge on any atom is 0.265 e. The molecule has 17 heavy (non-hydrogen) atoms. The molecule has 1 aromatic heterocycles. The third kappa shape index (κ3) is 4.22. The topological polar surface area (TPSA) is 58.0 Å². The van der Waals surface area contributed by atoms with Gasteiger partial charge < -0.3 is 10.4 Å². The van der Waals surface area contributed by atoms with Crippen molar-refractivity contribution in [2.75, 3.05) is 11.9 Å². The summed E-state index contributed by atoms with van der Waals surface area (Å²) in [6.07, 6.45) is -4.47. The number of aryl methyl sites for hydroxylation is 1. The molecule has 0 aliphatic heterocycles. The van der Waals surface area contributed by atoms with Gasteiger partial charge in [0.15, 0.2) is 0 Å². The lowest BCUT2D eigenvalue weighted by Crippen LogP contribution is -2.27. The van der Waals surface area contributed by atoms with E-state index in [1.807, 2.05) is 26.8 Å². The van der Waals surface area contributed by atoms with Crippen LogP contribution in [0.2, 0.25) is 0 Å². The Morgan fingerprint density at radius 3 is 2.53 bits per heavy atom. The van der Waals surface area contributed by atoms with Gasteiger partial charge in [-0.3, -0.25) is 0 Å². The van der Waals surface area contributed by atoms with E-state index in [1.165, 1.54) is 0 Å². The first-order valence-corrected chi connectivity index (χ1v) is 5.45. The fourth-order valence-electron chi connectivity index (χ4n) is 1.25. The summed E-state index contributed by atoms with van der Waals surface area (Å²) in [5.74, 6) is 0.505. The fourth-order valence-corrected chi connectivity index (χ4v) is 1.25. The van der Waals surface area contributed by atoms with E-state index in [1.54, 1.807) is 0 Å². The molecule has 2 N–H and O–H groups in total. The summed E-state index contributed by atoms with van der Waals surface area (Å²) in [5.41, 5.74) is 1.60. The van der Waals surface area contributed by atoms with E-state index in [0.29, 0.717) is 0 Å². The SMILES string of the molecule is Cc1cc(C(C)C)nc(NCC(O)C(F)F)n1. The van der Waals surface area contributed by atoms with Gasteiger partial charge in [-0.2, -0.15) is 0 Å². The number of halogens is 2. The van der Waals surface area contributed by atoms with Crippen LogP contribution in [0.15, 0.2) is 6.07 Å². The van der Waals surface area contributed by atoms with Crippen LogP contribution < -0.4 is 5.32 Å². The van der Waals surface area contributed by atoms with Gasteiger partial charge in [-0.05, 0) is 18.9 Å². The third-order valence-electron chi connectivity index (χ3n) is 2.23. The second-order valence-corrected chi connectivity index (χ2v) is 4.20. The summed E-state index contributed by atoms with van der Waals surface area (Å²) in [6.45, 7) is 5.51.